The standard InChI is InChI=1S/C6H5ClF2N2/c7-3-2-11-5(6(8)9)1-4(3)10/h1-2,6H,(H2,10,11). The quantitative estimate of drug-likeness (QED) is 0.717. The molecule has 1 aromatic rings. The summed E-state index contributed by atoms with van der Waals surface area (Å²) in [5, 5.41) is 0.189. The Morgan fingerprint density at radius 2 is 2.18 bits per heavy atom. The normalized spacial score (nSPS) is 10.5. The van der Waals surface area contributed by atoms with Gasteiger partial charge in [-0.15, -0.1) is 0 Å². The molecule has 0 aromatic carbocycles. The summed E-state index contributed by atoms with van der Waals surface area (Å²) in [4.78, 5) is 3.38. The highest BCUT2D eigenvalue weighted by atomic mass is 35.5. The molecular weight excluding hydrogens is 174 g/mol. The van der Waals surface area contributed by atoms with Gasteiger partial charge >= 0.3 is 0 Å². The molecule has 0 radical (unpaired) electrons. The van der Waals surface area contributed by atoms with Crippen molar-refractivity contribution in [2.24, 2.45) is 0 Å². The highest BCUT2D eigenvalue weighted by molar-refractivity contribution is 6.32. The van der Waals surface area contributed by atoms with E-state index in [4.69, 9.17) is 17.3 Å². The number of rotatable bonds is 1. The van der Waals surface area contributed by atoms with E-state index in [9.17, 15) is 8.78 Å². The lowest BCUT2D eigenvalue weighted by molar-refractivity contribution is 0.146. The van der Waals surface area contributed by atoms with Gasteiger partial charge in [-0.25, -0.2) is 8.78 Å². The molecule has 0 amide bonds. The second kappa shape index (κ2) is 3.00. The molecule has 1 heterocycles. The molecule has 0 aliphatic heterocycles. The van der Waals surface area contributed by atoms with Crippen molar-refractivity contribution in [2.45, 2.75) is 6.43 Å². The van der Waals surface area contributed by atoms with Crippen LogP contribution in [0.5, 0.6) is 0 Å². The van der Waals surface area contributed by atoms with E-state index < -0.39 is 6.43 Å². The van der Waals surface area contributed by atoms with Crippen LogP contribution in [-0.4, -0.2) is 4.98 Å². The molecule has 1 aromatic heterocycles. The highest BCUT2D eigenvalue weighted by Gasteiger charge is 2.09. The van der Waals surface area contributed by atoms with Crippen LogP contribution in [-0.2, 0) is 0 Å². The van der Waals surface area contributed by atoms with Gasteiger partial charge in [-0.3, -0.25) is 4.98 Å². The number of halogens is 3. The van der Waals surface area contributed by atoms with E-state index in [1.807, 2.05) is 0 Å². The van der Waals surface area contributed by atoms with E-state index in [2.05, 4.69) is 4.98 Å². The topological polar surface area (TPSA) is 38.9 Å². The van der Waals surface area contributed by atoms with Gasteiger partial charge in [-0.1, -0.05) is 11.6 Å². The van der Waals surface area contributed by atoms with E-state index in [-0.39, 0.29) is 16.4 Å². The summed E-state index contributed by atoms with van der Waals surface area (Å²) in [6.45, 7) is 0. The van der Waals surface area contributed by atoms with Crippen molar-refractivity contribution in [3.63, 3.8) is 0 Å². The lowest BCUT2D eigenvalue weighted by Gasteiger charge is -2.00. The van der Waals surface area contributed by atoms with Gasteiger partial charge in [0.05, 0.1) is 10.7 Å². The Labute approximate surface area is 67.0 Å². The second-order valence-electron chi connectivity index (χ2n) is 1.93. The number of nitrogens with zero attached hydrogens (tertiary/aromatic N) is 1. The molecule has 0 spiro atoms. The Kier molecular flexibility index (Phi) is 2.24. The zero-order valence-electron chi connectivity index (χ0n) is 5.39. The van der Waals surface area contributed by atoms with Gasteiger partial charge in [0.2, 0.25) is 0 Å². The van der Waals surface area contributed by atoms with E-state index in [1.165, 1.54) is 0 Å². The first kappa shape index (κ1) is 8.20. The Hall–Kier alpha value is -0.900. The molecule has 0 bridgehead atoms. The van der Waals surface area contributed by atoms with E-state index in [0.717, 1.165) is 12.3 Å². The Morgan fingerprint density at radius 3 is 2.64 bits per heavy atom. The molecule has 0 unspecified atom stereocenters. The first-order chi connectivity index (χ1) is 5.11. The minimum absolute atomic E-state index is 0.122. The fraction of sp³-hybridized carbons (Fsp3) is 0.167. The van der Waals surface area contributed by atoms with Gasteiger partial charge in [0, 0.05) is 6.20 Å². The first-order valence-corrected chi connectivity index (χ1v) is 3.18. The number of alkyl halides is 2. The number of pyridine rings is 1. The number of hydrogen-bond donors (Lipinski definition) is 1. The summed E-state index contributed by atoms with van der Waals surface area (Å²) in [7, 11) is 0. The molecule has 1 rings (SSSR count). The summed E-state index contributed by atoms with van der Waals surface area (Å²) in [6, 6.07) is 1.06. The maximum atomic E-state index is 11.9. The molecule has 0 saturated carbocycles. The van der Waals surface area contributed by atoms with Gasteiger partial charge < -0.3 is 5.73 Å². The molecule has 2 nitrogen and oxygen atoms in total. The van der Waals surface area contributed by atoms with Crippen LogP contribution in [0, 0.1) is 0 Å². The fourth-order valence-corrected chi connectivity index (χ4v) is 0.694. The molecule has 0 saturated heterocycles. The molecule has 0 atom stereocenters. The number of nitrogen functional groups attached to an aromatic ring is 1. The summed E-state index contributed by atoms with van der Waals surface area (Å²) in [5.74, 6) is 0. The summed E-state index contributed by atoms with van der Waals surface area (Å²) in [5.41, 5.74) is 5.02. The number of anilines is 1. The third kappa shape index (κ3) is 1.77. The summed E-state index contributed by atoms with van der Waals surface area (Å²) < 4.78 is 23.8. The van der Waals surface area contributed by atoms with Crippen LogP contribution in [0.2, 0.25) is 5.02 Å². The van der Waals surface area contributed by atoms with Crippen LogP contribution in [0.1, 0.15) is 12.1 Å². The summed E-state index contributed by atoms with van der Waals surface area (Å²) in [6.07, 6.45) is -1.49. The smallest absolute Gasteiger partial charge is 0.280 e. The first-order valence-electron chi connectivity index (χ1n) is 2.80. The average Bonchev–Trinajstić information content (AvgIpc) is 1.94. The van der Waals surface area contributed by atoms with Gasteiger partial charge in [-0.2, -0.15) is 0 Å². The van der Waals surface area contributed by atoms with Gasteiger partial charge in [0.15, 0.2) is 0 Å². The van der Waals surface area contributed by atoms with Crippen molar-refractivity contribution in [2.75, 3.05) is 5.73 Å². The van der Waals surface area contributed by atoms with Crippen molar-refractivity contribution >= 4 is 17.3 Å². The molecule has 2 N–H and O–H groups in total. The second-order valence-corrected chi connectivity index (χ2v) is 2.34. The monoisotopic (exact) mass is 178 g/mol. The van der Waals surface area contributed by atoms with Gasteiger partial charge in [0.1, 0.15) is 5.69 Å². The lowest BCUT2D eigenvalue weighted by atomic mass is 10.3. The molecule has 0 fully saturated rings. The third-order valence-corrected chi connectivity index (χ3v) is 1.45. The SMILES string of the molecule is Nc1cc(C(F)F)ncc1Cl. The van der Waals surface area contributed by atoms with Crippen LogP contribution < -0.4 is 5.73 Å². The Morgan fingerprint density at radius 1 is 1.55 bits per heavy atom. The Balaban J connectivity index is 3.05. The van der Waals surface area contributed by atoms with Crippen LogP contribution in [0.4, 0.5) is 14.5 Å². The van der Waals surface area contributed by atoms with Crippen LogP contribution >= 0.6 is 11.6 Å². The fourth-order valence-electron chi connectivity index (χ4n) is 0.591. The molecular formula is C6H5ClF2N2. The molecule has 60 valence electrons. The van der Waals surface area contributed by atoms with Crippen molar-refractivity contribution < 1.29 is 8.78 Å². The lowest BCUT2D eigenvalue weighted by Crippen LogP contribution is -1.93. The average molecular weight is 179 g/mol. The maximum Gasteiger partial charge on any atom is 0.280 e. The zero-order chi connectivity index (χ0) is 8.43. The third-order valence-electron chi connectivity index (χ3n) is 1.13. The minimum atomic E-state index is -2.60. The largest absolute Gasteiger partial charge is 0.397 e. The predicted octanol–water partition coefficient (Wildman–Crippen LogP) is 2.25. The van der Waals surface area contributed by atoms with E-state index >= 15 is 0 Å². The Bertz CT molecular complexity index is 265. The molecule has 5 heteroatoms. The minimum Gasteiger partial charge on any atom is -0.397 e. The maximum absolute atomic E-state index is 11.9. The molecule has 0 aliphatic rings. The number of aromatic nitrogens is 1. The van der Waals surface area contributed by atoms with Crippen LogP contribution in [0.25, 0.3) is 0 Å². The van der Waals surface area contributed by atoms with Crippen molar-refractivity contribution in [3.8, 4) is 0 Å². The van der Waals surface area contributed by atoms with Gasteiger partial charge in [-0.05, 0) is 6.07 Å². The van der Waals surface area contributed by atoms with Gasteiger partial charge in [0.25, 0.3) is 6.43 Å². The van der Waals surface area contributed by atoms with E-state index in [1.54, 1.807) is 0 Å². The zero-order valence-corrected chi connectivity index (χ0v) is 6.15. The summed E-state index contributed by atoms with van der Waals surface area (Å²) >= 11 is 5.45. The van der Waals surface area contributed by atoms with E-state index in [0.29, 0.717) is 0 Å². The number of hydrogen-bond acceptors (Lipinski definition) is 2. The number of nitrogens with two attached hydrogens (primary N) is 1. The van der Waals surface area contributed by atoms with Crippen molar-refractivity contribution in [1.82, 2.24) is 4.98 Å². The van der Waals surface area contributed by atoms with Crippen molar-refractivity contribution in [3.05, 3.63) is 23.0 Å². The van der Waals surface area contributed by atoms with Crippen LogP contribution in [0.3, 0.4) is 0 Å². The van der Waals surface area contributed by atoms with Crippen LogP contribution in [0.15, 0.2) is 12.3 Å². The van der Waals surface area contributed by atoms with Crippen molar-refractivity contribution in [1.29, 1.82) is 0 Å². The highest BCUT2D eigenvalue weighted by Crippen LogP contribution is 2.23. The predicted molar refractivity (Wildman–Crippen MR) is 38.6 cm³/mol. The molecule has 11 heavy (non-hydrogen) atoms. The molecule has 0 aliphatic carbocycles.